The number of hydrogen-bond donors (Lipinski definition) is 0. The largest absolute Gasteiger partial charge is 0.253 e. The molecule has 4 aromatic carbocycles. The molecule has 0 amide bonds. The van der Waals surface area contributed by atoms with Gasteiger partial charge in [-0.15, -0.1) is 11.3 Å². The van der Waals surface area contributed by atoms with E-state index in [0.717, 1.165) is 59.4 Å². The van der Waals surface area contributed by atoms with Crippen LogP contribution >= 0.6 is 11.3 Å². The van der Waals surface area contributed by atoms with Gasteiger partial charge in [-0.05, 0) is 47.0 Å². The van der Waals surface area contributed by atoms with Gasteiger partial charge in [0.15, 0.2) is 17.5 Å². The number of rotatable bonds is 5. The van der Waals surface area contributed by atoms with Gasteiger partial charge < -0.3 is 0 Å². The van der Waals surface area contributed by atoms with Crippen LogP contribution in [-0.2, 0) is 0 Å². The van der Waals surface area contributed by atoms with Crippen molar-refractivity contribution in [3.63, 3.8) is 0 Å². The van der Waals surface area contributed by atoms with E-state index in [2.05, 4.69) is 94.9 Å². The molecule has 4 heterocycles. The SMILES string of the molecule is c1ccc(-c2cccc(-c3nc(-c4ccccc4)nc(-c4cccc(-c5ccnc6c5sc5cccnc56)c4)n3)c2)cc1. The third kappa shape index (κ3) is 4.74. The van der Waals surface area contributed by atoms with Crippen molar-refractivity contribution >= 4 is 31.8 Å². The van der Waals surface area contributed by atoms with Crippen LogP contribution in [0.15, 0.2) is 140 Å². The van der Waals surface area contributed by atoms with Crippen LogP contribution < -0.4 is 0 Å². The first kappa shape index (κ1) is 25.1. The smallest absolute Gasteiger partial charge is 0.164 e. The van der Waals surface area contributed by atoms with E-state index in [9.17, 15) is 0 Å². The van der Waals surface area contributed by atoms with Crippen molar-refractivity contribution < 1.29 is 0 Å². The van der Waals surface area contributed by atoms with Crippen LogP contribution in [0.4, 0.5) is 0 Å². The van der Waals surface area contributed by atoms with Crippen molar-refractivity contribution in [3.8, 4) is 56.4 Å². The summed E-state index contributed by atoms with van der Waals surface area (Å²) >= 11 is 1.72. The highest BCUT2D eigenvalue weighted by molar-refractivity contribution is 7.26. The molecule has 202 valence electrons. The maximum atomic E-state index is 5.02. The van der Waals surface area contributed by atoms with Gasteiger partial charge in [0, 0.05) is 34.6 Å². The van der Waals surface area contributed by atoms with Gasteiger partial charge in [-0.1, -0.05) is 97.1 Å². The van der Waals surface area contributed by atoms with Crippen molar-refractivity contribution in [2.45, 2.75) is 0 Å². The summed E-state index contributed by atoms with van der Waals surface area (Å²) in [5.74, 6) is 1.89. The van der Waals surface area contributed by atoms with Gasteiger partial charge in [0.05, 0.1) is 9.40 Å². The second-order valence-electron chi connectivity index (χ2n) is 10.2. The van der Waals surface area contributed by atoms with Crippen LogP contribution in [0, 0.1) is 0 Å². The first-order chi connectivity index (χ1) is 21.3. The van der Waals surface area contributed by atoms with Crippen molar-refractivity contribution in [3.05, 3.63) is 140 Å². The molecule has 8 aromatic rings. The third-order valence-electron chi connectivity index (χ3n) is 7.44. The first-order valence-corrected chi connectivity index (χ1v) is 14.8. The van der Waals surface area contributed by atoms with E-state index in [4.69, 9.17) is 15.0 Å². The summed E-state index contributed by atoms with van der Waals surface area (Å²) < 4.78 is 2.24. The van der Waals surface area contributed by atoms with Crippen LogP contribution in [0.1, 0.15) is 0 Å². The Bertz CT molecular complexity index is 2240. The van der Waals surface area contributed by atoms with Gasteiger partial charge in [0.2, 0.25) is 0 Å². The highest BCUT2D eigenvalue weighted by Crippen LogP contribution is 2.38. The Morgan fingerprint density at radius 3 is 1.67 bits per heavy atom. The lowest BCUT2D eigenvalue weighted by Gasteiger charge is -2.11. The van der Waals surface area contributed by atoms with E-state index < -0.39 is 0 Å². The topological polar surface area (TPSA) is 64.5 Å². The number of thiophene rings is 1. The van der Waals surface area contributed by atoms with Gasteiger partial charge in [0.1, 0.15) is 11.0 Å². The second-order valence-corrected chi connectivity index (χ2v) is 11.2. The average molecular weight is 570 g/mol. The molecule has 0 radical (unpaired) electrons. The highest BCUT2D eigenvalue weighted by atomic mass is 32.1. The fraction of sp³-hybridized carbons (Fsp3) is 0. The molecular weight excluding hydrogens is 547 g/mol. The van der Waals surface area contributed by atoms with Gasteiger partial charge in [-0.3, -0.25) is 9.97 Å². The van der Waals surface area contributed by atoms with Crippen LogP contribution in [0.3, 0.4) is 0 Å². The second kappa shape index (κ2) is 10.7. The molecule has 0 unspecified atom stereocenters. The number of fused-ring (bicyclic) bond motifs is 3. The molecule has 0 fully saturated rings. The molecule has 43 heavy (non-hydrogen) atoms. The first-order valence-electron chi connectivity index (χ1n) is 14.0. The molecular formula is C37H23N5S. The Balaban J connectivity index is 1.28. The van der Waals surface area contributed by atoms with E-state index in [-0.39, 0.29) is 0 Å². The molecule has 0 bridgehead atoms. The van der Waals surface area contributed by atoms with Crippen LogP contribution in [0.5, 0.6) is 0 Å². The fourth-order valence-electron chi connectivity index (χ4n) is 5.35. The molecule has 0 atom stereocenters. The van der Waals surface area contributed by atoms with Crippen LogP contribution in [0.25, 0.3) is 76.9 Å². The van der Waals surface area contributed by atoms with E-state index in [0.29, 0.717) is 17.5 Å². The summed E-state index contributed by atoms with van der Waals surface area (Å²) in [6.07, 6.45) is 3.68. The summed E-state index contributed by atoms with van der Waals surface area (Å²) in [4.78, 5) is 24.2. The molecule has 0 saturated heterocycles. The minimum atomic E-state index is 0.624. The predicted molar refractivity (Wildman–Crippen MR) is 175 cm³/mol. The Morgan fingerprint density at radius 2 is 0.953 bits per heavy atom. The summed E-state index contributed by atoms with van der Waals surface area (Å²) in [6.45, 7) is 0. The monoisotopic (exact) mass is 569 g/mol. The fourth-order valence-corrected chi connectivity index (χ4v) is 6.51. The lowest BCUT2D eigenvalue weighted by molar-refractivity contribution is 1.07. The van der Waals surface area contributed by atoms with Crippen molar-refractivity contribution in [1.29, 1.82) is 0 Å². The summed E-state index contributed by atoms with van der Waals surface area (Å²) in [5.41, 5.74) is 9.11. The van der Waals surface area contributed by atoms with Gasteiger partial charge in [0.25, 0.3) is 0 Å². The number of aromatic nitrogens is 5. The zero-order valence-electron chi connectivity index (χ0n) is 22.9. The summed E-state index contributed by atoms with van der Waals surface area (Å²) in [7, 11) is 0. The lowest BCUT2D eigenvalue weighted by atomic mass is 10.0. The number of nitrogens with zero attached hydrogens (tertiary/aromatic N) is 5. The van der Waals surface area contributed by atoms with Crippen molar-refractivity contribution in [2.75, 3.05) is 0 Å². The molecule has 5 nitrogen and oxygen atoms in total. The van der Waals surface area contributed by atoms with Crippen molar-refractivity contribution in [2.24, 2.45) is 0 Å². The maximum absolute atomic E-state index is 5.02. The molecule has 0 aliphatic carbocycles. The van der Waals surface area contributed by atoms with Gasteiger partial charge >= 0.3 is 0 Å². The standard InChI is InChI=1S/C37H23N5S/c1-3-10-24(11-4-1)26-14-7-16-28(22-26)36-40-35(25-12-5-2-6-13-25)41-37(42-36)29-17-8-15-27(23-29)30-19-21-39-33-32-31(43-34(30)33)18-9-20-38-32/h1-23H. The summed E-state index contributed by atoms with van der Waals surface area (Å²) in [5, 5.41) is 0. The van der Waals surface area contributed by atoms with Gasteiger partial charge in [-0.25, -0.2) is 15.0 Å². The Hall–Kier alpha value is -5.59. The van der Waals surface area contributed by atoms with E-state index >= 15 is 0 Å². The number of hydrogen-bond acceptors (Lipinski definition) is 6. The number of benzene rings is 4. The molecule has 8 rings (SSSR count). The molecule has 0 saturated carbocycles. The number of pyridine rings is 2. The van der Waals surface area contributed by atoms with Crippen LogP contribution in [0.2, 0.25) is 0 Å². The molecule has 0 spiro atoms. The third-order valence-corrected chi connectivity index (χ3v) is 8.61. The van der Waals surface area contributed by atoms with E-state index in [1.54, 1.807) is 11.3 Å². The molecule has 6 heteroatoms. The zero-order valence-corrected chi connectivity index (χ0v) is 23.7. The Morgan fingerprint density at radius 1 is 0.395 bits per heavy atom. The maximum Gasteiger partial charge on any atom is 0.164 e. The minimum absolute atomic E-state index is 0.624. The quantitative estimate of drug-likeness (QED) is 0.207. The molecule has 0 aliphatic heterocycles. The van der Waals surface area contributed by atoms with E-state index in [1.165, 1.54) is 0 Å². The lowest BCUT2D eigenvalue weighted by Crippen LogP contribution is -2.00. The highest BCUT2D eigenvalue weighted by Gasteiger charge is 2.16. The average Bonchev–Trinajstić information content (AvgIpc) is 3.48. The van der Waals surface area contributed by atoms with E-state index in [1.807, 2.05) is 54.9 Å². The zero-order chi connectivity index (χ0) is 28.6. The van der Waals surface area contributed by atoms with Crippen molar-refractivity contribution in [1.82, 2.24) is 24.9 Å². The Kier molecular flexibility index (Phi) is 6.24. The molecule has 0 aliphatic rings. The Labute approximate surface area is 252 Å². The summed E-state index contributed by atoms with van der Waals surface area (Å²) in [6, 6.07) is 43.3. The van der Waals surface area contributed by atoms with Crippen LogP contribution in [-0.4, -0.2) is 24.9 Å². The predicted octanol–water partition coefficient (Wildman–Crippen LogP) is 9.36. The van der Waals surface area contributed by atoms with Gasteiger partial charge in [-0.2, -0.15) is 0 Å². The molecule has 4 aromatic heterocycles. The molecule has 0 N–H and O–H groups in total. The normalized spacial score (nSPS) is 11.3. The minimum Gasteiger partial charge on any atom is -0.253 e.